The van der Waals surface area contributed by atoms with Crippen molar-refractivity contribution < 1.29 is 14.3 Å². The van der Waals surface area contributed by atoms with E-state index in [0.717, 1.165) is 36.8 Å². The third-order valence-electron chi connectivity index (χ3n) is 3.74. The molecule has 0 N–H and O–H groups in total. The largest absolute Gasteiger partial charge is 0.478 e. The molecule has 0 saturated carbocycles. The van der Waals surface area contributed by atoms with E-state index in [4.69, 9.17) is 9.47 Å². The molecule has 128 valence electrons. The summed E-state index contributed by atoms with van der Waals surface area (Å²) in [5.41, 5.74) is -0.431. The van der Waals surface area contributed by atoms with Crippen LogP contribution in [0.1, 0.15) is 40.0 Å². The Balaban J connectivity index is 1.66. The minimum atomic E-state index is -0.431. The molecule has 1 aromatic heterocycles. The highest BCUT2D eigenvalue weighted by Crippen LogP contribution is 2.22. The standard InChI is InChI=1S/C17H25BrN2O3/c1-17(2,3)23-16(21)20-9-6-13(7-10-20)8-11-22-15-5-4-14(18)12-19-15/h4-5,12-13H,6-11H2,1-3H3. The fourth-order valence-electron chi connectivity index (χ4n) is 2.51. The summed E-state index contributed by atoms with van der Waals surface area (Å²) in [4.78, 5) is 18.0. The molecule has 5 nitrogen and oxygen atoms in total. The zero-order valence-electron chi connectivity index (χ0n) is 14.0. The predicted molar refractivity (Wildman–Crippen MR) is 92.6 cm³/mol. The summed E-state index contributed by atoms with van der Waals surface area (Å²) in [5, 5.41) is 0. The molecule has 0 unspecified atom stereocenters. The first-order valence-corrected chi connectivity index (χ1v) is 8.85. The number of nitrogens with zero attached hydrogens (tertiary/aromatic N) is 2. The van der Waals surface area contributed by atoms with Crippen LogP contribution in [0.4, 0.5) is 4.79 Å². The second kappa shape index (κ2) is 7.99. The first-order valence-electron chi connectivity index (χ1n) is 8.06. The van der Waals surface area contributed by atoms with Crippen LogP contribution in [-0.2, 0) is 4.74 Å². The molecule has 1 aliphatic heterocycles. The van der Waals surface area contributed by atoms with Crippen LogP contribution < -0.4 is 4.74 Å². The molecule has 6 heteroatoms. The van der Waals surface area contributed by atoms with Gasteiger partial charge in [0.1, 0.15) is 5.60 Å². The number of hydrogen-bond acceptors (Lipinski definition) is 4. The summed E-state index contributed by atoms with van der Waals surface area (Å²) in [7, 11) is 0. The van der Waals surface area contributed by atoms with Crippen molar-refractivity contribution >= 4 is 22.0 Å². The molecule has 1 saturated heterocycles. The van der Waals surface area contributed by atoms with E-state index in [2.05, 4.69) is 20.9 Å². The molecule has 0 spiro atoms. The highest BCUT2D eigenvalue weighted by atomic mass is 79.9. The number of halogens is 1. The van der Waals surface area contributed by atoms with E-state index in [9.17, 15) is 4.79 Å². The van der Waals surface area contributed by atoms with Crippen molar-refractivity contribution in [2.45, 2.75) is 45.6 Å². The van der Waals surface area contributed by atoms with Gasteiger partial charge in [-0.3, -0.25) is 0 Å². The van der Waals surface area contributed by atoms with Crippen LogP contribution >= 0.6 is 15.9 Å². The molecule has 2 heterocycles. The Kier molecular flexibility index (Phi) is 6.27. The molecule has 0 radical (unpaired) electrons. The maximum Gasteiger partial charge on any atom is 0.410 e. The Morgan fingerprint density at radius 1 is 1.35 bits per heavy atom. The molecule has 2 rings (SSSR count). The first kappa shape index (κ1) is 18.0. The lowest BCUT2D eigenvalue weighted by molar-refractivity contribution is 0.0177. The second-order valence-corrected chi connectivity index (χ2v) is 7.78. The normalized spacial score (nSPS) is 16.3. The lowest BCUT2D eigenvalue weighted by atomic mass is 9.94. The Morgan fingerprint density at radius 3 is 2.61 bits per heavy atom. The number of ether oxygens (including phenoxy) is 2. The van der Waals surface area contributed by atoms with E-state index in [1.807, 2.05) is 32.9 Å². The maximum absolute atomic E-state index is 12.0. The summed E-state index contributed by atoms with van der Waals surface area (Å²) in [5.74, 6) is 1.24. The summed E-state index contributed by atoms with van der Waals surface area (Å²) in [6, 6.07) is 3.77. The van der Waals surface area contributed by atoms with E-state index < -0.39 is 5.60 Å². The van der Waals surface area contributed by atoms with Crippen molar-refractivity contribution in [3.63, 3.8) is 0 Å². The van der Waals surface area contributed by atoms with Gasteiger partial charge in [0, 0.05) is 29.8 Å². The van der Waals surface area contributed by atoms with Gasteiger partial charge >= 0.3 is 6.09 Å². The van der Waals surface area contributed by atoms with Crippen LogP contribution in [0, 0.1) is 5.92 Å². The van der Waals surface area contributed by atoms with Crippen molar-refractivity contribution in [1.29, 1.82) is 0 Å². The minimum absolute atomic E-state index is 0.203. The van der Waals surface area contributed by atoms with Crippen LogP contribution in [0.3, 0.4) is 0 Å². The highest BCUT2D eigenvalue weighted by Gasteiger charge is 2.26. The van der Waals surface area contributed by atoms with Gasteiger partial charge in [0.05, 0.1) is 6.61 Å². The van der Waals surface area contributed by atoms with E-state index in [0.29, 0.717) is 18.4 Å². The van der Waals surface area contributed by atoms with Gasteiger partial charge in [-0.25, -0.2) is 9.78 Å². The maximum atomic E-state index is 12.0. The third kappa shape index (κ3) is 6.37. The number of aromatic nitrogens is 1. The smallest absolute Gasteiger partial charge is 0.410 e. The van der Waals surface area contributed by atoms with Crippen LogP contribution in [0.2, 0.25) is 0 Å². The van der Waals surface area contributed by atoms with Crippen molar-refractivity contribution in [3.05, 3.63) is 22.8 Å². The van der Waals surface area contributed by atoms with Gasteiger partial charge in [0.2, 0.25) is 5.88 Å². The molecule has 0 aliphatic carbocycles. The first-order chi connectivity index (χ1) is 10.8. The van der Waals surface area contributed by atoms with Gasteiger partial charge in [-0.2, -0.15) is 0 Å². The van der Waals surface area contributed by atoms with Crippen LogP contribution in [0.5, 0.6) is 5.88 Å². The number of hydrogen-bond donors (Lipinski definition) is 0. The number of amides is 1. The molecule has 1 aliphatic rings. The van der Waals surface area contributed by atoms with Gasteiger partial charge in [-0.05, 0) is 67.9 Å². The Labute approximate surface area is 146 Å². The molecular formula is C17H25BrN2O3. The molecule has 1 amide bonds. The van der Waals surface area contributed by atoms with Gasteiger partial charge in [-0.15, -0.1) is 0 Å². The lowest BCUT2D eigenvalue weighted by Crippen LogP contribution is -2.41. The topological polar surface area (TPSA) is 51.7 Å². The fourth-order valence-corrected chi connectivity index (χ4v) is 2.74. The molecule has 23 heavy (non-hydrogen) atoms. The third-order valence-corrected chi connectivity index (χ3v) is 4.21. The number of pyridine rings is 1. The van der Waals surface area contributed by atoms with E-state index in [-0.39, 0.29) is 6.09 Å². The second-order valence-electron chi connectivity index (χ2n) is 6.86. The molecular weight excluding hydrogens is 360 g/mol. The average Bonchev–Trinajstić information content (AvgIpc) is 2.48. The number of rotatable bonds is 4. The fraction of sp³-hybridized carbons (Fsp3) is 0.647. The summed E-state index contributed by atoms with van der Waals surface area (Å²) in [6.07, 6.45) is 4.51. The Morgan fingerprint density at radius 2 is 2.04 bits per heavy atom. The zero-order chi connectivity index (χ0) is 16.9. The average molecular weight is 385 g/mol. The number of carbonyl (C=O) groups is 1. The van der Waals surface area contributed by atoms with Crippen molar-refractivity contribution in [3.8, 4) is 5.88 Å². The Hall–Kier alpha value is -1.30. The molecule has 1 aromatic rings. The predicted octanol–water partition coefficient (Wildman–Crippen LogP) is 4.26. The number of likely N-dealkylation sites (tertiary alicyclic amines) is 1. The monoisotopic (exact) mass is 384 g/mol. The number of piperidine rings is 1. The van der Waals surface area contributed by atoms with Crippen molar-refractivity contribution in [1.82, 2.24) is 9.88 Å². The van der Waals surface area contributed by atoms with E-state index in [1.165, 1.54) is 0 Å². The van der Waals surface area contributed by atoms with Gasteiger partial charge in [0.25, 0.3) is 0 Å². The molecule has 0 atom stereocenters. The van der Waals surface area contributed by atoms with E-state index >= 15 is 0 Å². The van der Waals surface area contributed by atoms with E-state index in [1.54, 1.807) is 11.1 Å². The summed E-state index contributed by atoms with van der Waals surface area (Å²) in [6.45, 7) is 7.86. The lowest BCUT2D eigenvalue weighted by Gasteiger charge is -2.33. The molecule has 0 aromatic carbocycles. The van der Waals surface area contributed by atoms with Crippen LogP contribution in [0.15, 0.2) is 22.8 Å². The van der Waals surface area contributed by atoms with Gasteiger partial charge in [0.15, 0.2) is 0 Å². The van der Waals surface area contributed by atoms with Crippen LogP contribution in [-0.4, -0.2) is 41.3 Å². The van der Waals surface area contributed by atoms with Gasteiger partial charge in [-0.1, -0.05) is 0 Å². The zero-order valence-corrected chi connectivity index (χ0v) is 15.6. The van der Waals surface area contributed by atoms with Crippen molar-refractivity contribution in [2.75, 3.05) is 19.7 Å². The SMILES string of the molecule is CC(C)(C)OC(=O)N1CCC(CCOc2ccc(Br)cn2)CC1. The summed E-state index contributed by atoms with van der Waals surface area (Å²) < 4.78 is 12.0. The quantitative estimate of drug-likeness (QED) is 0.777. The van der Waals surface area contributed by atoms with Crippen molar-refractivity contribution in [2.24, 2.45) is 5.92 Å². The molecule has 0 bridgehead atoms. The van der Waals surface area contributed by atoms with Gasteiger partial charge < -0.3 is 14.4 Å². The minimum Gasteiger partial charge on any atom is -0.478 e. The Bertz CT molecular complexity index is 506. The van der Waals surface area contributed by atoms with Crippen LogP contribution in [0.25, 0.3) is 0 Å². The summed E-state index contributed by atoms with van der Waals surface area (Å²) >= 11 is 3.35. The highest BCUT2D eigenvalue weighted by molar-refractivity contribution is 9.10. The number of carbonyl (C=O) groups excluding carboxylic acids is 1. The molecule has 1 fully saturated rings.